The Kier molecular flexibility index (Phi) is 41.2. The summed E-state index contributed by atoms with van der Waals surface area (Å²) >= 11 is 0. The van der Waals surface area contributed by atoms with Crippen molar-refractivity contribution < 1.29 is 64.6 Å². The molecule has 2 aliphatic heterocycles. The Morgan fingerprint density at radius 2 is 0.875 bits per heavy atom. The molecule has 2 saturated heterocycles. The molecule has 2 rings (SSSR count). The molecule has 12 atom stereocenters. The van der Waals surface area contributed by atoms with Gasteiger partial charge in [-0.25, -0.2) is 0 Å². The Hall–Kier alpha value is -1.53. The van der Waals surface area contributed by atoms with Crippen LogP contribution in [0.25, 0.3) is 0 Å². The first kappa shape index (κ1) is 66.6. The molecule has 0 radical (unpaired) electrons. The van der Waals surface area contributed by atoms with Gasteiger partial charge in [-0.15, -0.1) is 0 Å². The molecule has 72 heavy (non-hydrogen) atoms. The number of unbranched alkanes of at least 4 members (excludes halogenated alkanes) is 32. The zero-order chi connectivity index (χ0) is 52.4. The summed E-state index contributed by atoms with van der Waals surface area (Å²) in [6, 6.07) is -0.916. The number of rotatable bonds is 47. The number of nitrogens with one attached hydrogen (secondary N) is 1. The van der Waals surface area contributed by atoms with Crippen molar-refractivity contribution in [1.29, 1.82) is 0 Å². The first-order valence-corrected chi connectivity index (χ1v) is 29.6. The van der Waals surface area contributed by atoms with Crippen LogP contribution >= 0.6 is 0 Å². The zero-order valence-electron chi connectivity index (χ0n) is 45.4. The van der Waals surface area contributed by atoms with Gasteiger partial charge >= 0.3 is 0 Å². The number of carbonyl (C=O) groups excluding carboxylic acids is 1. The van der Waals surface area contributed by atoms with Crippen LogP contribution in [0.5, 0.6) is 0 Å². The molecule has 2 heterocycles. The van der Waals surface area contributed by atoms with Crippen LogP contribution in [-0.2, 0) is 23.7 Å². The van der Waals surface area contributed by atoms with Crippen molar-refractivity contribution >= 4 is 5.91 Å². The number of amides is 1. The normalized spacial score (nSPS) is 25.7. The molecule has 0 aromatic carbocycles. The quantitative estimate of drug-likeness (QED) is 0.0205. The lowest BCUT2D eigenvalue weighted by Gasteiger charge is -2.46. The number of hydrogen-bond acceptors (Lipinski definition) is 13. The molecule has 0 spiro atoms. The van der Waals surface area contributed by atoms with Gasteiger partial charge in [-0.1, -0.05) is 218 Å². The van der Waals surface area contributed by atoms with Gasteiger partial charge in [0.15, 0.2) is 12.6 Å². The third kappa shape index (κ3) is 30.3. The Bertz CT molecular complexity index is 1300. The van der Waals surface area contributed by atoms with Crippen LogP contribution in [0.4, 0.5) is 0 Å². The van der Waals surface area contributed by atoms with Crippen molar-refractivity contribution in [2.75, 3.05) is 19.8 Å². The first-order valence-electron chi connectivity index (χ1n) is 29.6. The first-order chi connectivity index (χ1) is 35.1. The Labute approximate surface area is 437 Å². The van der Waals surface area contributed by atoms with E-state index in [1.54, 1.807) is 6.08 Å². The van der Waals surface area contributed by atoms with E-state index >= 15 is 0 Å². The predicted octanol–water partition coefficient (Wildman–Crippen LogP) is 9.67. The summed E-state index contributed by atoms with van der Waals surface area (Å²) in [5.41, 5.74) is 0. The van der Waals surface area contributed by atoms with E-state index in [9.17, 15) is 45.6 Å². The van der Waals surface area contributed by atoms with Gasteiger partial charge < -0.3 is 65.1 Å². The highest BCUT2D eigenvalue weighted by atomic mass is 16.7. The number of ether oxygens (including phenoxy) is 4. The van der Waals surface area contributed by atoms with Crippen LogP contribution < -0.4 is 5.32 Å². The summed E-state index contributed by atoms with van der Waals surface area (Å²) in [6.07, 6.45) is 35.0. The van der Waals surface area contributed by atoms with E-state index < -0.39 is 86.8 Å². The van der Waals surface area contributed by atoms with Gasteiger partial charge in [0.25, 0.3) is 0 Å². The lowest BCUT2D eigenvalue weighted by molar-refractivity contribution is -0.359. The van der Waals surface area contributed by atoms with E-state index in [4.69, 9.17) is 18.9 Å². The van der Waals surface area contributed by atoms with Crippen LogP contribution in [0.3, 0.4) is 0 Å². The highest BCUT2D eigenvalue weighted by Crippen LogP contribution is 2.30. The van der Waals surface area contributed by atoms with Gasteiger partial charge in [-0.2, -0.15) is 0 Å². The standard InChI is InChI=1S/C58H109NO13/c1-3-5-7-9-11-13-15-17-19-20-21-22-23-24-25-26-28-29-31-33-35-37-39-41-47(62)46(59-50(63)42-40-38-36-34-32-30-27-18-16-14-12-10-8-6-4-2)45-69-57-55(68)53(66)56(49(44-61)71-57)72-58-54(67)52(65)51(64)48(43-60)70-58/h18,27,39,41,46-49,51-58,60-62,64-68H,3-17,19-26,28-38,40,42-45H2,1-2H3,(H,59,63)/b27-18-,41-39+. The average molecular weight is 1030 g/mol. The molecular formula is C58H109NO13. The van der Waals surface area contributed by atoms with Crippen molar-refractivity contribution in [3.8, 4) is 0 Å². The van der Waals surface area contributed by atoms with Crippen molar-refractivity contribution in [2.24, 2.45) is 0 Å². The second kappa shape index (κ2) is 44.6. The number of hydrogen-bond donors (Lipinski definition) is 9. The van der Waals surface area contributed by atoms with Crippen LogP contribution in [-0.4, -0.2) is 140 Å². The molecule has 0 saturated carbocycles. The summed E-state index contributed by atoms with van der Waals surface area (Å²) in [4.78, 5) is 13.2. The molecule has 2 fully saturated rings. The van der Waals surface area contributed by atoms with Gasteiger partial charge in [0.1, 0.15) is 48.8 Å². The van der Waals surface area contributed by atoms with E-state index in [0.29, 0.717) is 6.42 Å². The van der Waals surface area contributed by atoms with E-state index in [-0.39, 0.29) is 18.9 Å². The molecular weight excluding hydrogens is 919 g/mol. The van der Waals surface area contributed by atoms with E-state index in [0.717, 1.165) is 57.8 Å². The van der Waals surface area contributed by atoms with Gasteiger partial charge in [0.05, 0.1) is 32.0 Å². The molecule has 1 amide bonds. The van der Waals surface area contributed by atoms with Crippen LogP contribution in [0.1, 0.15) is 245 Å². The maximum atomic E-state index is 13.2. The molecule has 0 aromatic heterocycles. The smallest absolute Gasteiger partial charge is 0.220 e. The fourth-order valence-corrected chi connectivity index (χ4v) is 9.82. The second-order valence-electron chi connectivity index (χ2n) is 21.1. The highest BCUT2D eigenvalue weighted by Gasteiger charge is 2.51. The fourth-order valence-electron chi connectivity index (χ4n) is 9.82. The Morgan fingerprint density at radius 3 is 1.32 bits per heavy atom. The number of carbonyl (C=O) groups is 1. The maximum absolute atomic E-state index is 13.2. The highest BCUT2D eigenvalue weighted by molar-refractivity contribution is 5.76. The minimum absolute atomic E-state index is 0.246. The summed E-state index contributed by atoms with van der Waals surface area (Å²) in [6.45, 7) is 2.80. The second-order valence-corrected chi connectivity index (χ2v) is 21.1. The topological polar surface area (TPSA) is 228 Å². The van der Waals surface area contributed by atoms with Crippen molar-refractivity contribution in [3.63, 3.8) is 0 Å². The number of aliphatic hydroxyl groups excluding tert-OH is 8. The number of allylic oxidation sites excluding steroid dienone is 3. The largest absolute Gasteiger partial charge is 0.394 e. The molecule has 9 N–H and O–H groups in total. The molecule has 0 bridgehead atoms. The Balaban J connectivity index is 1.77. The van der Waals surface area contributed by atoms with Gasteiger partial charge in [-0.3, -0.25) is 4.79 Å². The zero-order valence-corrected chi connectivity index (χ0v) is 45.4. The lowest BCUT2D eigenvalue weighted by atomic mass is 9.97. The van der Waals surface area contributed by atoms with E-state index in [1.807, 2.05) is 6.08 Å². The molecule has 14 nitrogen and oxygen atoms in total. The molecule has 0 aliphatic carbocycles. The lowest BCUT2D eigenvalue weighted by Crippen LogP contribution is -2.65. The third-order valence-corrected chi connectivity index (χ3v) is 14.6. The van der Waals surface area contributed by atoms with Crippen LogP contribution in [0.2, 0.25) is 0 Å². The molecule has 2 aliphatic rings. The summed E-state index contributed by atoms with van der Waals surface area (Å²) in [5, 5.41) is 87.0. The van der Waals surface area contributed by atoms with Crippen molar-refractivity contribution in [3.05, 3.63) is 24.3 Å². The van der Waals surface area contributed by atoms with Crippen molar-refractivity contribution in [1.82, 2.24) is 5.32 Å². The van der Waals surface area contributed by atoms with E-state index in [1.165, 1.54) is 161 Å². The summed E-state index contributed by atoms with van der Waals surface area (Å²) < 4.78 is 22.8. The fraction of sp³-hybridized carbons (Fsp3) is 0.914. The minimum Gasteiger partial charge on any atom is -0.394 e. The van der Waals surface area contributed by atoms with Gasteiger partial charge in [0.2, 0.25) is 5.91 Å². The Morgan fingerprint density at radius 1 is 0.486 bits per heavy atom. The molecule has 12 unspecified atom stereocenters. The number of aliphatic hydroxyl groups is 8. The SMILES string of the molecule is CCCCCCCC/C=C\CCCCCCCC(=O)NC(COC1OC(CO)C(OC2OC(CO)C(O)C(O)C2O)C(O)C1O)C(O)/C=C/CCCCCCCCCCCCCCCCCCCCCCC. The molecule has 14 heteroatoms. The third-order valence-electron chi connectivity index (χ3n) is 14.6. The average Bonchev–Trinajstić information content (AvgIpc) is 3.38. The van der Waals surface area contributed by atoms with Crippen LogP contribution in [0, 0.1) is 0 Å². The van der Waals surface area contributed by atoms with Gasteiger partial charge in [-0.05, 0) is 44.9 Å². The van der Waals surface area contributed by atoms with Crippen LogP contribution in [0.15, 0.2) is 24.3 Å². The maximum Gasteiger partial charge on any atom is 0.220 e. The van der Waals surface area contributed by atoms with Crippen molar-refractivity contribution in [2.45, 2.75) is 319 Å². The minimum atomic E-state index is -1.79. The molecule has 0 aromatic rings. The predicted molar refractivity (Wildman–Crippen MR) is 286 cm³/mol. The van der Waals surface area contributed by atoms with Gasteiger partial charge in [0, 0.05) is 6.42 Å². The summed E-state index contributed by atoms with van der Waals surface area (Å²) in [7, 11) is 0. The van der Waals surface area contributed by atoms with E-state index in [2.05, 4.69) is 31.3 Å². The summed E-state index contributed by atoms with van der Waals surface area (Å²) in [5.74, 6) is -0.246. The monoisotopic (exact) mass is 1030 g/mol. The molecule has 424 valence electrons.